The van der Waals surface area contributed by atoms with Gasteiger partial charge in [0.05, 0.1) is 16.6 Å². The van der Waals surface area contributed by atoms with Gasteiger partial charge in [0.2, 0.25) is 0 Å². The number of carbonyl (C=O) groups is 2. The summed E-state index contributed by atoms with van der Waals surface area (Å²) in [4.78, 5) is 22.5. The second-order valence-corrected chi connectivity index (χ2v) is 6.25. The Labute approximate surface area is 137 Å². The number of rotatable bonds is 4. The largest absolute Gasteiger partial charge is 0.444 e. The number of hydrogen-bond acceptors (Lipinski definition) is 3. The highest BCUT2D eigenvalue weighted by molar-refractivity contribution is 6.31. The summed E-state index contributed by atoms with van der Waals surface area (Å²) in [6.07, 6.45) is -5.15. The summed E-state index contributed by atoms with van der Waals surface area (Å²) >= 11 is 5.55. The SMILES string of the molecule is CC(C)(C)OC(=O)N[C@@H](CC=O)c1ccc(Cl)c(C(F)(F)F)c1. The summed E-state index contributed by atoms with van der Waals surface area (Å²) in [6.45, 7) is 4.93. The average molecular weight is 352 g/mol. The first-order valence-electron chi connectivity index (χ1n) is 6.74. The molecule has 0 unspecified atom stereocenters. The number of aldehydes is 1. The van der Waals surface area contributed by atoms with Gasteiger partial charge in [0, 0.05) is 6.42 Å². The molecule has 0 fully saturated rings. The molecule has 0 saturated carbocycles. The Balaban J connectivity index is 3.06. The maximum atomic E-state index is 12.9. The minimum absolute atomic E-state index is 0.111. The molecule has 1 atom stereocenters. The van der Waals surface area contributed by atoms with Gasteiger partial charge in [0.1, 0.15) is 11.9 Å². The van der Waals surface area contributed by atoms with E-state index in [0.29, 0.717) is 6.29 Å². The van der Waals surface area contributed by atoms with Crippen molar-refractivity contribution in [3.8, 4) is 0 Å². The van der Waals surface area contributed by atoms with Gasteiger partial charge < -0.3 is 14.8 Å². The van der Waals surface area contributed by atoms with Crippen LogP contribution >= 0.6 is 11.6 Å². The van der Waals surface area contributed by atoms with Crippen molar-refractivity contribution in [1.82, 2.24) is 5.32 Å². The van der Waals surface area contributed by atoms with Crippen LogP contribution in [-0.2, 0) is 15.7 Å². The second-order valence-electron chi connectivity index (χ2n) is 5.84. The van der Waals surface area contributed by atoms with Crippen molar-refractivity contribution >= 4 is 24.0 Å². The Morgan fingerprint density at radius 1 is 1.35 bits per heavy atom. The number of amides is 1. The summed E-state index contributed by atoms with van der Waals surface area (Å²) < 4.78 is 43.7. The van der Waals surface area contributed by atoms with Crippen LogP contribution in [0, 0.1) is 0 Å². The molecular formula is C15H17ClF3NO3. The van der Waals surface area contributed by atoms with E-state index < -0.39 is 34.5 Å². The molecule has 4 nitrogen and oxygen atoms in total. The lowest BCUT2D eigenvalue weighted by atomic mass is 10.0. The fourth-order valence-corrected chi connectivity index (χ4v) is 2.03. The van der Waals surface area contributed by atoms with E-state index in [1.165, 1.54) is 6.07 Å². The molecule has 1 rings (SSSR count). The number of hydrogen-bond donors (Lipinski definition) is 1. The monoisotopic (exact) mass is 351 g/mol. The highest BCUT2D eigenvalue weighted by Gasteiger charge is 2.34. The third kappa shape index (κ3) is 6.09. The lowest BCUT2D eigenvalue weighted by Crippen LogP contribution is -2.35. The van der Waals surface area contributed by atoms with E-state index in [9.17, 15) is 22.8 Å². The quantitative estimate of drug-likeness (QED) is 0.812. The normalized spacial score (nSPS) is 13.3. The molecule has 1 amide bonds. The molecule has 1 aromatic rings. The molecule has 0 aliphatic heterocycles. The van der Waals surface area contributed by atoms with E-state index in [-0.39, 0.29) is 12.0 Å². The van der Waals surface area contributed by atoms with Crippen molar-refractivity contribution in [2.45, 2.75) is 45.0 Å². The smallest absolute Gasteiger partial charge is 0.417 e. The van der Waals surface area contributed by atoms with Crippen molar-refractivity contribution in [2.75, 3.05) is 0 Å². The van der Waals surface area contributed by atoms with Crippen LogP contribution in [0.15, 0.2) is 18.2 Å². The molecule has 0 heterocycles. The predicted octanol–water partition coefficient (Wildman–Crippen LogP) is 4.51. The zero-order valence-electron chi connectivity index (χ0n) is 12.8. The highest BCUT2D eigenvalue weighted by Crippen LogP contribution is 2.36. The molecular weight excluding hydrogens is 335 g/mol. The van der Waals surface area contributed by atoms with Gasteiger partial charge in [-0.15, -0.1) is 0 Å². The first kappa shape index (κ1) is 19.3. The second kappa shape index (κ2) is 7.21. The van der Waals surface area contributed by atoms with Crippen LogP contribution in [0.1, 0.15) is 44.4 Å². The third-order valence-electron chi connectivity index (χ3n) is 2.72. The van der Waals surface area contributed by atoms with Crippen molar-refractivity contribution in [3.05, 3.63) is 34.3 Å². The molecule has 0 aliphatic rings. The van der Waals surface area contributed by atoms with Crippen molar-refractivity contribution in [1.29, 1.82) is 0 Å². The molecule has 0 aromatic heterocycles. The van der Waals surface area contributed by atoms with Gasteiger partial charge in [0.25, 0.3) is 0 Å². The number of alkyl halides is 3. The van der Waals surface area contributed by atoms with Crippen LogP contribution in [0.4, 0.5) is 18.0 Å². The summed E-state index contributed by atoms with van der Waals surface area (Å²) in [5, 5.41) is 1.93. The van der Waals surface area contributed by atoms with E-state index in [1.54, 1.807) is 20.8 Å². The van der Waals surface area contributed by atoms with Crippen molar-refractivity contribution in [3.63, 3.8) is 0 Å². The van der Waals surface area contributed by atoms with E-state index >= 15 is 0 Å². The van der Waals surface area contributed by atoms with Gasteiger partial charge >= 0.3 is 12.3 Å². The van der Waals surface area contributed by atoms with Crippen LogP contribution < -0.4 is 5.32 Å². The zero-order valence-corrected chi connectivity index (χ0v) is 13.6. The molecule has 0 aliphatic carbocycles. The molecule has 1 N–H and O–H groups in total. The summed E-state index contributed by atoms with van der Waals surface area (Å²) in [7, 11) is 0. The van der Waals surface area contributed by atoms with Crippen LogP contribution in [0.25, 0.3) is 0 Å². The maximum Gasteiger partial charge on any atom is 0.417 e. The van der Waals surface area contributed by atoms with Gasteiger partial charge in [-0.2, -0.15) is 13.2 Å². The number of benzene rings is 1. The minimum Gasteiger partial charge on any atom is -0.444 e. The Hall–Kier alpha value is -1.76. The lowest BCUT2D eigenvalue weighted by molar-refractivity contribution is -0.137. The summed E-state index contributed by atoms with van der Waals surface area (Å²) in [5.41, 5.74) is -1.69. The van der Waals surface area contributed by atoms with Crippen LogP contribution in [0.2, 0.25) is 5.02 Å². The minimum atomic E-state index is -4.63. The maximum absolute atomic E-state index is 12.9. The van der Waals surface area contributed by atoms with Crippen molar-refractivity contribution < 1.29 is 27.5 Å². The number of alkyl carbamates (subject to hydrolysis) is 1. The standard InChI is InChI=1S/C15H17ClF3NO3/c1-14(2,3)23-13(22)20-12(6-7-21)9-4-5-11(16)10(8-9)15(17,18)19/h4-5,7-8,12H,6H2,1-3H3,(H,20,22)/t12-/m0/s1. The first-order valence-corrected chi connectivity index (χ1v) is 7.11. The highest BCUT2D eigenvalue weighted by atomic mass is 35.5. The average Bonchev–Trinajstić information content (AvgIpc) is 2.35. The zero-order chi connectivity index (χ0) is 17.8. The van der Waals surface area contributed by atoms with Gasteiger partial charge in [-0.1, -0.05) is 17.7 Å². The fraction of sp³-hybridized carbons (Fsp3) is 0.467. The fourth-order valence-electron chi connectivity index (χ4n) is 1.80. The predicted molar refractivity (Wildman–Crippen MR) is 79.2 cm³/mol. The molecule has 0 saturated heterocycles. The third-order valence-corrected chi connectivity index (χ3v) is 3.05. The molecule has 23 heavy (non-hydrogen) atoms. The van der Waals surface area contributed by atoms with Crippen LogP contribution in [0.5, 0.6) is 0 Å². The van der Waals surface area contributed by atoms with Gasteiger partial charge in [-0.05, 0) is 38.5 Å². The van der Waals surface area contributed by atoms with Crippen molar-refractivity contribution in [2.24, 2.45) is 0 Å². The number of nitrogens with one attached hydrogen (secondary N) is 1. The van der Waals surface area contributed by atoms with Gasteiger partial charge in [-0.3, -0.25) is 0 Å². The van der Waals surface area contributed by atoms with E-state index in [4.69, 9.17) is 16.3 Å². The summed E-state index contributed by atoms with van der Waals surface area (Å²) in [5.74, 6) is 0. The Morgan fingerprint density at radius 3 is 2.43 bits per heavy atom. The molecule has 1 aromatic carbocycles. The molecule has 128 valence electrons. The lowest BCUT2D eigenvalue weighted by Gasteiger charge is -2.23. The summed E-state index contributed by atoms with van der Waals surface area (Å²) in [6, 6.07) is 2.27. The van der Waals surface area contributed by atoms with Crippen LogP contribution in [-0.4, -0.2) is 18.0 Å². The Bertz CT molecular complexity index is 582. The van der Waals surface area contributed by atoms with Crippen LogP contribution in [0.3, 0.4) is 0 Å². The molecule has 0 radical (unpaired) electrons. The Kier molecular flexibility index (Phi) is 6.04. The topological polar surface area (TPSA) is 55.4 Å². The molecule has 0 spiro atoms. The number of ether oxygens (including phenoxy) is 1. The number of carbonyl (C=O) groups excluding carboxylic acids is 2. The Morgan fingerprint density at radius 2 is 1.96 bits per heavy atom. The molecule has 8 heteroatoms. The van der Waals surface area contributed by atoms with E-state index in [2.05, 4.69) is 5.32 Å². The number of halogens is 4. The first-order chi connectivity index (χ1) is 10.4. The van der Waals surface area contributed by atoms with E-state index in [0.717, 1.165) is 12.1 Å². The van der Waals surface area contributed by atoms with Gasteiger partial charge in [0.15, 0.2) is 0 Å². The van der Waals surface area contributed by atoms with Gasteiger partial charge in [-0.25, -0.2) is 4.79 Å². The molecule has 0 bridgehead atoms. The van der Waals surface area contributed by atoms with E-state index in [1.807, 2.05) is 0 Å².